The second-order valence-electron chi connectivity index (χ2n) is 4.44. The lowest BCUT2D eigenvalue weighted by atomic mass is 10.1. The Bertz CT molecular complexity index is 415. The molecule has 17 heavy (non-hydrogen) atoms. The topological polar surface area (TPSA) is 20.3 Å². The zero-order chi connectivity index (χ0) is 12.4. The molecule has 0 saturated carbocycles. The maximum Gasteiger partial charge on any atom is 0.254 e. The Kier molecular flexibility index (Phi) is 4.15. The summed E-state index contributed by atoms with van der Waals surface area (Å²) in [5.74, 6) is 2.24. The van der Waals surface area contributed by atoms with Crippen LogP contribution in [0.4, 0.5) is 0 Å². The van der Waals surface area contributed by atoms with Gasteiger partial charge in [-0.25, -0.2) is 0 Å². The molecule has 0 N–H and O–H groups in total. The molecule has 1 aliphatic rings. The molecular weight excluding hydrogens is 298 g/mol. The molecule has 4 heteroatoms. The van der Waals surface area contributed by atoms with Gasteiger partial charge in [0.15, 0.2) is 0 Å². The van der Waals surface area contributed by atoms with Gasteiger partial charge in [-0.15, -0.1) is 0 Å². The number of benzene rings is 1. The average molecular weight is 314 g/mol. The van der Waals surface area contributed by atoms with E-state index in [1.807, 2.05) is 41.8 Å². The highest BCUT2D eigenvalue weighted by atomic mass is 79.9. The number of nitrogens with zero attached hydrogens (tertiary/aromatic N) is 1. The lowest BCUT2D eigenvalue weighted by Crippen LogP contribution is -2.44. The van der Waals surface area contributed by atoms with E-state index < -0.39 is 0 Å². The van der Waals surface area contributed by atoms with Crippen molar-refractivity contribution < 1.29 is 4.79 Å². The lowest BCUT2D eigenvalue weighted by molar-refractivity contribution is 0.0716. The second-order valence-corrected chi connectivity index (χ2v) is 6.51. The van der Waals surface area contributed by atoms with Crippen LogP contribution in [-0.4, -0.2) is 34.9 Å². The number of carbonyl (C=O) groups is 1. The van der Waals surface area contributed by atoms with Crippen molar-refractivity contribution in [2.24, 2.45) is 0 Å². The molecule has 1 aromatic carbocycles. The van der Waals surface area contributed by atoms with Crippen molar-refractivity contribution >= 4 is 33.6 Å². The third-order valence-electron chi connectivity index (χ3n) is 2.92. The van der Waals surface area contributed by atoms with Gasteiger partial charge in [-0.1, -0.05) is 15.9 Å². The Labute approximate surface area is 115 Å². The van der Waals surface area contributed by atoms with Crippen molar-refractivity contribution in [2.45, 2.75) is 19.9 Å². The van der Waals surface area contributed by atoms with Gasteiger partial charge >= 0.3 is 0 Å². The van der Waals surface area contributed by atoms with Gasteiger partial charge < -0.3 is 4.90 Å². The molecule has 1 saturated heterocycles. The third kappa shape index (κ3) is 3.05. The van der Waals surface area contributed by atoms with Crippen LogP contribution in [0.1, 0.15) is 22.8 Å². The van der Waals surface area contributed by atoms with Crippen LogP contribution in [0, 0.1) is 6.92 Å². The number of rotatable bonds is 1. The SMILES string of the molecule is Cc1cc(Br)cc(C(=O)N2CCSCC2C)c1. The summed E-state index contributed by atoms with van der Waals surface area (Å²) < 4.78 is 0.972. The Hall–Kier alpha value is -0.480. The molecule has 0 spiro atoms. The van der Waals surface area contributed by atoms with Crippen LogP contribution < -0.4 is 0 Å². The molecule has 1 fully saturated rings. The van der Waals surface area contributed by atoms with Gasteiger partial charge in [-0.3, -0.25) is 4.79 Å². The summed E-state index contributed by atoms with van der Waals surface area (Å²) >= 11 is 5.37. The van der Waals surface area contributed by atoms with E-state index in [0.29, 0.717) is 6.04 Å². The van der Waals surface area contributed by atoms with Crippen molar-refractivity contribution in [3.8, 4) is 0 Å². The molecule has 1 heterocycles. The van der Waals surface area contributed by atoms with E-state index in [1.54, 1.807) is 0 Å². The minimum Gasteiger partial charge on any atom is -0.334 e. The second kappa shape index (κ2) is 5.44. The summed E-state index contributed by atoms with van der Waals surface area (Å²) in [6.07, 6.45) is 0. The van der Waals surface area contributed by atoms with Crippen molar-refractivity contribution in [3.63, 3.8) is 0 Å². The van der Waals surface area contributed by atoms with Gasteiger partial charge in [-0.2, -0.15) is 11.8 Å². The molecule has 1 atom stereocenters. The Morgan fingerprint density at radius 2 is 2.24 bits per heavy atom. The quantitative estimate of drug-likeness (QED) is 0.792. The van der Waals surface area contributed by atoms with E-state index in [1.165, 1.54) is 0 Å². The summed E-state index contributed by atoms with van der Waals surface area (Å²) in [5, 5.41) is 0. The molecule has 1 unspecified atom stereocenters. The predicted octanol–water partition coefficient (Wildman–Crippen LogP) is 3.34. The minimum absolute atomic E-state index is 0.155. The van der Waals surface area contributed by atoms with Gasteiger partial charge in [0.2, 0.25) is 0 Å². The zero-order valence-electron chi connectivity index (χ0n) is 10.1. The Morgan fingerprint density at radius 3 is 2.88 bits per heavy atom. The molecule has 1 amide bonds. The number of amides is 1. The van der Waals surface area contributed by atoms with Gasteiger partial charge in [0.25, 0.3) is 5.91 Å². The maximum absolute atomic E-state index is 12.4. The number of thioether (sulfide) groups is 1. The van der Waals surface area contributed by atoms with E-state index in [9.17, 15) is 4.79 Å². The van der Waals surface area contributed by atoms with Gasteiger partial charge in [-0.05, 0) is 37.6 Å². The summed E-state index contributed by atoms with van der Waals surface area (Å²) in [6, 6.07) is 6.22. The summed E-state index contributed by atoms with van der Waals surface area (Å²) in [5.41, 5.74) is 1.90. The standard InChI is InChI=1S/C13H16BrNOS/c1-9-5-11(7-12(14)6-9)13(16)15-3-4-17-8-10(15)2/h5-7,10H,3-4,8H2,1-2H3. The van der Waals surface area contributed by atoms with E-state index in [0.717, 1.165) is 33.7 Å². The molecule has 92 valence electrons. The molecular formula is C13H16BrNOS. The predicted molar refractivity (Wildman–Crippen MR) is 76.7 cm³/mol. The monoisotopic (exact) mass is 313 g/mol. The van der Waals surface area contributed by atoms with Crippen molar-refractivity contribution in [2.75, 3.05) is 18.1 Å². The van der Waals surface area contributed by atoms with Gasteiger partial charge in [0.05, 0.1) is 0 Å². The van der Waals surface area contributed by atoms with Crippen LogP contribution in [0.15, 0.2) is 22.7 Å². The van der Waals surface area contributed by atoms with E-state index in [2.05, 4.69) is 22.9 Å². The Morgan fingerprint density at radius 1 is 1.47 bits per heavy atom. The van der Waals surface area contributed by atoms with Crippen molar-refractivity contribution in [3.05, 3.63) is 33.8 Å². The van der Waals surface area contributed by atoms with Crippen LogP contribution in [0.5, 0.6) is 0 Å². The van der Waals surface area contributed by atoms with E-state index in [4.69, 9.17) is 0 Å². The van der Waals surface area contributed by atoms with Crippen LogP contribution in [0.25, 0.3) is 0 Å². The summed E-state index contributed by atoms with van der Waals surface area (Å²) in [6.45, 7) is 4.99. The largest absolute Gasteiger partial charge is 0.334 e. The average Bonchev–Trinajstić information content (AvgIpc) is 2.27. The maximum atomic E-state index is 12.4. The fourth-order valence-corrected chi connectivity index (χ4v) is 3.68. The number of hydrogen-bond donors (Lipinski definition) is 0. The van der Waals surface area contributed by atoms with Crippen molar-refractivity contribution in [1.29, 1.82) is 0 Å². The minimum atomic E-state index is 0.155. The number of carbonyl (C=O) groups excluding carboxylic acids is 1. The molecule has 2 rings (SSSR count). The smallest absolute Gasteiger partial charge is 0.254 e. The number of halogens is 1. The zero-order valence-corrected chi connectivity index (χ0v) is 12.5. The molecule has 1 aliphatic heterocycles. The summed E-state index contributed by atoms with van der Waals surface area (Å²) in [4.78, 5) is 14.4. The van der Waals surface area contributed by atoms with Crippen molar-refractivity contribution in [1.82, 2.24) is 4.90 Å². The highest BCUT2D eigenvalue weighted by Crippen LogP contribution is 2.21. The van der Waals surface area contributed by atoms with Gasteiger partial charge in [0, 0.05) is 34.1 Å². The molecule has 0 aliphatic carbocycles. The molecule has 1 aromatic rings. The first-order chi connectivity index (χ1) is 8.08. The van der Waals surface area contributed by atoms with Crippen LogP contribution in [0.2, 0.25) is 0 Å². The number of hydrogen-bond acceptors (Lipinski definition) is 2. The first-order valence-electron chi connectivity index (χ1n) is 5.74. The fraction of sp³-hybridized carbons (Fsp3) is 0.462. The van der Waals surface area contributed by atoms with E-state index >= 15 is 0 Å². The first-order valence-corrected chi connectivity index (χ1v) is 7.68. The molecule has 2 nitrogen and oxygen atoms in total. The summed E-state index contributed by atoms with van der Waals surface area (Å²) in [7, 11) is 0. The van der Waals surface area contributed by atoms with Crippen LogP contribution in [-0.2, 0) is 0 Å². The van der Waals surface area contributed by atoms with Gasteiger partial charge in [0.1, 0.15) is 0 Å². The molecule has 0 radical (unpaired) electrons. The van der Waals surface area contributed by atoms with Crippen LogP contribution >= 0.6 is 27.7 Å². The third-order valence-corrected chi connectivity index (χ3v) is 4.56. The normalized spacial score (nSPS) is 20.4. The fourth-order valence-electron chi connectivity index (χ4n) is 2.05. The Balaban J connectivity index is 2.23. The highest BCUT2D eigenvalue weighted by molar-refractivity contribution is 9.10. The first kappa shape index (κ1) is 13.0. The number of aryl methyl sites for hydroxylation is 1. The van der Waals surface area contributed by atoms with E-state index in [-0.39, 0.29) is 5.91 Å². The molecule has 0 bridgehead atoms. The molecule has 0 aromatic heterocycles. The van der Waals surface area contributed by atoms with Crippen LogP contribution in [0.3, 0.4) is 0 Å². The highest BCUT2D eigenvalue weighted by Gasteiger charge is 2.24. The lowest BCUT2D eigenvalue weighted by Gasteiger charge is -2.33.